The standard InChI is InChI=1S/C21H22FN3O2/c1-24-13-18(14-4-3-5-17(10-14)27-2)20-19(24)11-15(12-23-20)21(26)25-8-6-16(22)7-9-25/h3-5,10-13,16H,6-9H2,1-2H3. The molecule has 1 aromatic carbocycles. The Morgan fingerprint density at radius 2 is 2.04 bits per heavy atom. The summed E-state index contributed by atoms with van der Waals surface area (Å²) >= 11 is 0. The second-order valence-electron chi connectivity index (χ2n) is 6.94. The van der Waals surface area contributed by atoms with Crippen molar-refractivity contribution in [2.75, 3.05) is 20.2 Å². The number of halogens is 1. The summed E-state index contributed by atoms with van der Waals surface area (Å²) in [4.78, 5) is 19.1. The number of hydrogen-bond acceptors (Lipinski definition) is 3. The number of aromatic nitrogens is 2. The first-order valence-electron chi connectivity index (χ1n) is 9.09. The molecule has 0 atom stereocenters. The lowest BCUT2D eigenvalue weighted by Gasteiger charge is -2.28. The van der Waals surface area contributed by atoms with Gasteiger partial charge in [-0.1, -0.05) is 12.1 Å². The van der Waals surface area contributed by atoms with E-state index in [0.717, 1.165) is 27.9 Å². The van der Waals surface area contributed by atoms with Crippen LogP contribution in [-0.2, 0) is 7.05 Å². The summed E-state index contributed by atoms with van der Waals surface area (Å²) in [5, 5.41) is 0. The van der Waals surface area contributed by atoms with Crippen LogP contribution in [0.25, 0.3) is 22.2 Å². The number of benzene rings is 1. The molecule has 140 valence electrons. The van der Waals surface area contributed by atoms with Gasteiger partial charge in [-0.3, -0.25) is 9.78 Å². The molecule has 4 rings (SSSR count). The van der Waals surface area contributed by atoms with Crippen molar-refractivity contribution in [1.29, 1.82) is 0 Å². The van der Waals surface area contributed by atoms with Gasteiger partial charge < -0.3 is 14.2 Å². The number of carbonyl (C=O) groups excluding carboxylic acids is 1. The first kappa shape index (κ1) is 17.5. The fourth-order valence-electron chi connectivity index (χ4n) is 3.61. The van der Waals surface area contributed by atoms with Gasteiger partial charge in [0.25, 0.3) is 5.91 Å². The third-order valence-corrected chi connectivity index (χ3v) is 5.16. The monoisotopic (exact) mass is 367 g/mol. The molecule has 0 saturated carbocycles. The first-order chi connectivity index (χ1) is 13.1. The predicted octanol–water partition coefficient (Wildman–Crippen LogP) is 3.82. The summed E-state index contributed by atoms with van der Waals surface area (Å²) < 4.78 is 20.6. The van der Waals surface area contributed by atoms with Gasteiger partial charge in [0, 0.05) is 38.1 Å². The molecule has 27 heavy (non-hydrogen) atoms. The van der Waals surface area contributed by atoms with Gasteiger partial charge in [0.1, 0.15) is 11.9 Å². The Kier molecular flexibility index (Phi) is 4.56. The number of rotatable bonds is 3. The fraction of sp³-hybridized carbons (Fsp3) is 0.333. The molecule has 5 nitrogen and oxygen atoms in total. The Hall–Kier alpha value is -2.89. The van der Waals surface area contributed by atoms with Gasteiger partial charge in [-0.25, -0.2) is 4.39 Å². The van der Waals surface area contributed by atoms with Crippen LogP contribution in [0.4, 0.5) is 4.39 Å². The SMILES string of the molecule is COc1cccc(-c2cn(C)c3cc(C(=O)N4CCC(F)CC4)cnc23)c1. The van der Waals surface area contributed by atoms with Crippen molar-refractivity contribution >= 4 is 16.9 Å². The van der Waals surface area contributed by atoms with Crippen molar-refractivity contribution in [1.82, 2.24) is 14.5 Å². The maximum atomic E-state index is 13.3. The summed E-state index contributed by atoms with van der Waals surface area (Å²) in [6.07, 6.45) is 3.65. The number of alkyl halides is 1. The number of fused-ring (bicyclic) bond motifs is 1. The third kappa shape index (κ3) is 3.27. The number of hydrogen-bond donors (Lipinski definition) is 0. The fourth-order valence-corrected chi connectivity index (χ4v) is 3.61. The average Bonchev–Trinajstić information content (AvgIpc) is 3.04. The second-order valence-corrected chi connectivity index (χ2v) is 6.94. The number of methoxy groups -OCH3 is 1. The zero-order valence-electron chi connectivity index (χ0n) is 15.5. The van der Waals surface area contributed by atoms with Crippen molar-refractivity contribution in [2.45, 2.75) is 19.0 Å². The van der Waals surface area contributed by atoms with E-state index in [-0.39, 0.29) is 5.91 Å². The van der Waals surface area contributed by atoms with E-state index in [4.69, 9.17) is 4.74 Å². The highest BCUT2D eigenvalue weighted by molar-refractivity contribution is 6.00. The van der Waals surface area contributed by atoms with Crippen LogP contribution in [0.5, 0.6) is 5.75 Å². The topological polar surface area (TPSA) is 47.4 Å². The summed E-state index contributed by atoms with van der Waals surface area (Å²) in [6, 6.07) is 9.70. The molecule has 1 saturated heterocycles. The van der Waals surface area contributed by atoms with Crippen LogP contribution in [0, 0.1) is 0 Å². The molecule has 6 heteroatoms. The van der Waals surface area contributed by atoms with Crippen molar-refractivity contribution in [3.05, 3.63) is 48.3 Å². The molecule has 0 aliphatic carbocycles. The number of piperidine rings is 1. The van der Waals surface area contributed by atoms with Gasteiger partial charge in [0.05, 0.1) is 23.7 Å². The molecule has 1 amide bonds. The normalized spacial score (nSPS) is 15.3. The maximum absolute atomic E-state index is 13.3. The van der Waals surface area contributed by atoms with Crippen LogP contribution in [0.3, 0.4) is 0 Å². The third-order valence-electron chi connectivity index (χ3n) is 5.16. The lowest BCUT2D eigenvalue weighted by Crippen LogP contribution is -2.39. The number of likely N-dealkylation sites (tertiary alicyclic amines) is 1. The highest BCUT2D eigenvalue weighted by Crippen LogP contribution is 2.31. The molecule has 1 aliphatic heterocycles. The molecule has 0 spiro atoms. The van der Waals surface area contributed by atoms with E-state index >= 15 is 0 Å². The number of amides is 1. The largest absolute Gasteiger partial charge is 0.497 e. The minimum atomic E-state index is -0.798. The lowest BCUT2D eigenvalue weighted by molar-refractivity contribution is 0.0666. The van der Waals surface area contributed by atoms with Crippen LogP contribution < -0.4 is 4.74 Å². The molecular weight excluding hydrogens is 345 g/mol. The number of nitrogens with zero attached hydrogens (tertiary/aromatic N) is 3. The summed E-state index contributed by atoms with van der Waals surface area (Å²) in [5.74, 6) is 0.702. The molecule has 3 heterocycles. The van der Waals surface area contributed by atoms with Gasteiger partial charge >= 0.3 is 0 Å². The number of ether oxygens (including phenoxy) is 1. The average molecular weight is 367 g/mol. The molecule has 0 bridgehead atoms. The highest BCUT2D eigenvalue weighted by Gasteiger charge is 2.24. The molecule has 0 N–H and O–H groups in total. The van der Waals surface area contributed by atoms with E-state index in [2.05, 4.69) is 4.98 Å². The molecule has 1 aliphatic rings. The molecular formula is C21H22FN3O2. The lowest BCUT2D eigenvalue weighted by atomic mass is 10.1. The Balaban J connectivity index is 1.69. The Morgan fingerprint density at radius 3 is 2.78 bits per heavy atom. The van der Waals surface area contributed by atoms with Gasteiger partial charge in [-0.15, -0.1) is 0 Å². The minimum absolute atomic E-state index is 0.0829. The Morgan fingerprint density at radius 1 is 1.26 bits per heavy atom. The maximum Gasteiger partial charge on any atom is 0.255 e. The molecule has 3 aromatic rings. The number of aryl methyl sites for hydroxylation is 1. The van der Waals surface area contributed by atoms with Crippen LogP contribution in [0.1, 0.15) is 23.2 Å². The summed E-state index contributed by atoms with van der Waals surface area (Å²) in [5.41, 5.74) is 4.27. The van der Waals surface area contributed by atoms with Crippen molar-refractivity contribution in [3.8, 4) is 16.9 Å². The van der Waals surface area contributed by atoms with E-state index < -0.39 is 6.17 Å². The van der Waals surface area contributed by atoms with Gasteiger partial charge in [-0.05, 0) is 36.6 Å². The second kappa shape index (κ2) is 7.02. The Labute approximate surface area is 157 Å². The zero-order valence-corrected chi connectivity index (χ0v) is 15.5. The first-order valence-corrected chi connectivity index (χ1v) is 9.09. The minimum Gasteiger partial charge on any atom is -0.497 e. The van der Waals surface area contributed by atoms with E-state index in [1.165, 1.54) is 0 Å². The quantitative estimate of drug-likeness (QED) is 0.707. The molecule has 1 fully saturated rings. The van der Waals surface area contributed by atoms with E-state index in [1.54, 1.807) is 18.2 Å². The van der Waals surface area contributed by atoms with Crippen LogP contribution in [0.2, 0.25) is 0 Å². The summed E-state index contributed by atoms with van der Waals surface area (Å²) in [6.45, 7) is 0.917. The number of carbonyl (C=O) groups is 1. The predicted molar refractivity (Wildman–Crippen MR) is 103 cm³/mol. The van der Waals surface area contributed by atoms with Gasteiger partial charge in [-0.2, -0.15) is 0 Å². The molecule has 0 radical (unpaired) electrons. The molecule has 2 aromatic heterocycles. The number of pyridine rings is 1. The van der Waals surface area contributed by atoms with Crippen molar-refractivity contribution < 1.29 is 13.9 Å². The molecule has 0 unspecified atom stereocenters. The van der Waals surface area contributed by atoms with Crippen LogP contribution in [0.15, 0.2) is 42.7 Å². The van der Waals surface area contributed by atoms with Crippen LogP contribution >= 0.6 is 0 Å². The van der Waals surface area contributed by atoms with E-state index in [0.29, 0.717) is 31.5 Å². The van der Waals surface area contributed by atoms with E-state index in [1.807, 2.05) is 48.1 Å². The van der Waals surface area contributed by atoms with Crippen molar-refractivity contribution in [3.63, 3.8) is 0 Å². The van der Waals surface area contributed by atoms with Gasteiger partial charge in [0.2, 0.25) is 0 Å². The van der Waals surface area contributed by atoms with Gasteiger partial charge in [0.15, 0.2) is 0 Å². The van der Waals surface area contributed by atoms with E-state index in [9.17, 15) is 9.18 Å². The summed E-state index contributed by atoms with van der Waals surface area (Å²) in [7, 11) is 3.58. The van der Waals surface area contributed by atoms with Crippen molar-refractivity contribution in [2.24, 2.45) is 7.05 Å². The highest BCUT2D eigenvalue weighted by atomic mass is 19.1. The zero-order chi connectivity index (χ0) is 19.0. The van der Waals surface area contributed by atoms with Crippen LogP contribution in [-0.4, -0.2) is 46.7 Å². The smallest absolute Gasteiger partial charge is 0.255 e. The Bertz CT molecular complexity index is 990.